The molecule has 20 heavy (non-hydrogen) atoms. The van der Waals surface area contributed by atoms with Gasteiger partial charge in [0.05, 0.1) is 0 Å². The van der Waals surface area contributed by atoms with Crippen LogP contribution in [-0.4, -0.2) is 15.3 Å². The average Bonchev–Trinajstić information content (AvgIpc) is 2.42. The van der Waals surface area contributed by atoms with Crippen LogP contribution in [0.5, 0.6) is 0 Å². The monoisotopic (exact) mass is 298 g/mol. The van der Waals surface area contributed by atoms with E-state index in [2.05, 4.69) is 17.6 Å². The standard InChI is InChI=1S/C15H26N2O2S/c1-13-12-17(15(19)16-14(13)18)10-8-6-4-2-3-5-7-9-11-20/h12,20H,2-11H2,1H3,(H,16,18,19). The van der Waals surface area contributed by atoms with Crippen LogP contribution in [0.3, 0.4) is 0 Å². The van der Waals surface area contributed by atoms with Crippen LogP contribution >= 0.6 is 12.6 Å². The lowest BCUT2D eigenvalue weighted by Gasteiger charge is -2.06. The molecule has 114 valence electrons. The number of thiol groups is 1. The average molecular weight is 298 g/mol. The van der Waals surface area contributed by atoms with E-state index in [9.17, 15) is 9.59 Å². The van der Waals surface area contributed by atoms with Gasteiger partial charge in [-0.2, -0.15) is 12.6 Å². The normalized spacial score (nSPS) is 10.9. The third kappa shape index (κ3) is 6.46. The first kappa shape index (κ1) is 17.1. The Bertz CT molecular complexity index is 493. The third-order valence-corrected chi connectivity index (χ3v) is 3.81. The van der Waals surface area contributed by atoms with E-state index in [-0.39, 0.29) is 11.2 Å². The molecule has 0 aliphatic rings. The number of aromatic amines is 1. The molecule has 1 N–H and O–H groups in total. The van der Waals surface area contributed by atoms with E-state index in [0.717, 1.165) is 18.6 Å². The summed E-state index contributed by atoms with van der Waals surface area (Å²) in [6, 6.07) is 0. The van der Waals surface area contributed by atoms with Gasteiger partial charge in [-0.25, -0.2) is 4.79 Å². The Morgan fingerprint density at radius 3 is 2.15 bits per heavy atom. The lowest BCUT2D eigenvalue weighted by atomic mass is 10.1. The van der Waals surface area contributed by atoms with Crippen molar-refractivity contribution in [2.75, 3.05) is 5.75 Å². The van der Waals surface area contributed by atoms with E-state index in [4.69, 9.17) is 0 Å². The molecule has 0 radical (unpaired) electrons. The molecule has 0 saturated heterocycles. The molecule has 4 nitrogen and oxygen atoms in total. The number of aromatic nitrogens is 2. The maximum atomic E-state index is 11.6. The van der Waals surface area contributed by atoms with Crippen molar-refractivity contribution in [3.63, 3.8) is 0 Å². The van der Waals surface area contributed by atoms with Crippen molar-refractivity contribution in [3.8, 4) is 0 Å². The fraction of sp³-hybridized carbons (Fsp3) is 0.733. The maximum absolute atomic E-state index is 11.6. The second-order valence-corrected chi connectivity index (χ2v) is 5.76. The highest BCUT2D eigenvalue weighted by molar-refractivity contribution is 7.80. The summed E-state index contributed by atoms with van der Waals surface area (Å²) >= 11 is 4.20. The van der Waals surface area contributed by atoms with Crippen molar-refractivity contribution in [1.29, 1.82) is 0 Å². The van der Waals surface area contributed by atoms with Crippen LogP contribution < -0.4 is 11.2 Å². The van der Waals surface area contributed by atoms with Crippen LogP contribution in [0.1, 0.15) is 56.9 Å². The van der Waals surface area contributed by atoms with Crippen LogP contribution in [0.4, 0.5) is 0 Å². The topological polar surface area (TPSA) is 54.9 Å². The molecule has 0 amide bonds. The van der Waals surface area contributed by atoms with Crippen LogP contribution in [0.15, 0.2) is 15.8 Å². The van der Waals surface area contributed by atoms with E-state index in [1.807, 2.05) is 0 Å². The third-order valence-electron chi connectivity index (χ3n) is 3.50. The number of hydrogen-bond acceptors (Lipinski definition) is 3. The number of rotatable bonds is 10. The minimum absolute atomic E-state index is 0.285. The van der Waals surface area contributed by atoms with Gasteiger partial charge in [-0.15, -0.1) is 0 Å². The molecule has 0 unspecified atom stereocenters. The van der Waals surface area contributed by atoms with Gasteiger partial charge < -0.3 is 4.57 Å². The molecule has 0 bridgehead atoms. The summed E-state index contributed by atoms with van der Waals surface area (Å²) in [7, 11) is 0. The first-order chi connectivity index (χ1) is 9.65. The highest BCUT2D eigenvalue weighted by Crippen LogP contribution is 2.09. The molecule has 0 aromatic carbocycles. The lowest BCUT2D eigenvalue weighted by Crippen LogP contribution is -2.30. The van der Waals surface area contributed by atoms with Crippen molar-refractivity contribution in [2.45, 2.75) is 64.8 Å². The molecular weight excluding hydrogens is 272 g/mol. The van der Waals surface area contributed by atoms with Crippen molar-refractivity contribution < 1.29 is 0 Å². The number of nitrogens with one attached hydrogen (secondary N) is 1. The van der Waals surface area contributed by atoms with Crippen molar-refractivity contribution >= 4 is 12.6 Å². The summed E-state index contributed by atoms with van der Waals surface area (Å²) in [4.78, 5) is 25.1. The Labute approximate surface area is 126 Å². The van der Waals surface area contributed by atoms with Crippen LogP contribution in [-0.2, 0) is 6.54 Å². The first-order valence-corrected chi connectivity index (χ1v) is 8.19. The summed E-state index contributed by atoms with van der Waals surface area (Å²) in [5.41, 5.74) is 0.00797. The fourth-order valence-corrected chi connectivity index (χ4v) is 2.46. The van der Waals surface area contributed by atoms with Gasteiger partial charge in [0, 0.05) is 18.3 Å². The Kier molecular flexibility index (Phi) is 8.42. The van der Waals surface area contributed by atoms with Gasteiger partial charge in [0.15, 0.2) is 0 Å². The smallest absolute Gasteiger partial charge is 0.300 e. The highest BCUT2D eigenvalue weighted by atomic mass is 32.1. The Morgan fingerprint density at radius 2 is 1.55 bits per heavy atom. The summed E-state index contributed by atoms with van der Waals surface area (Å²) in [5, 5.41) is 0. The lowest BCUT2D eigenvalue weighted by molar-refractivity contribution is 0.531. The predicted octanol–water partition coefficient (Wildman–Crippen LogP) is 2.90. The zero-order valence-electron chi connectivity index (χ0n) is 12.4. The molecule has 1 heterocycles. The van der Waals surface area contributed by atoms with Gasteiger partial charge in [0.25, 0.3) is 5.56 Å². The van der Waals surface area contributed by atoms with Gasteiger partial charge in [-0.3, -0.25) is 9.78 Å². The second kappa shape index (κ2) is 9.86. The molecule has 0 saturated carbocycles. The van der Waals surface area contributed by atoms with E-state index in [1.54, 1.807) is 17.7 Å². The molecule has 0 fully saturated rings. The fourth-order valence-electron chi connectivity index (χ4n) is 2.24. The number of H-pyrrole nitrogens is 1. The van der Waals surface area contributed by atoms with Gasteiger partial charge in [0.2, 0.25) is 0 Å². The number of nitrogens with zero attached hydrogens (tertiary/aromatic N) is 1. The van der Waals surface area contributed by atoms with E-state index < -0.39 is 0 Å². The molecule has 0 aliphatic carbocycles. The summed E-state index contributed by atoms with van der Waals surface area (Å²) in [6.45, 7) is 2.41. The quantitative estimate of drug-likeness (QED) is 0.515. The van der Waals surface area contributed by atoms with E-state index in [1.165, 1.54) is 38.5 Å². The minimum atomic E-state index is -0.299. The summed E-state index contributed by atoms with van der Waals surface area (Å²) in [6.07, 6.45) is 11.4. The Morgan fingerprint density at radius 1 is 1.00 bits per heavy atom. The molecule has 1 aromatic rings. The van der Waals surface area contributed by atoms with Crippen LogP contribution in [0.2, 0.25) is 0 Å². The second-order valence-electron chi connectivity index (χ2n) is 5.32. The number of aryl methyl sites for hydroxylation is 2. The Hall–Kier alpha value is -0.970. The van der Waals surface area contributed by atoms with Gasteiger partial charge >= 0.3 is 5.69 Å². The zero-order chi connectivity index (χ0) is 14.8. The largest absolute Gasteiger partial charge is 0.328 e. The SMILES string of the molecule is Cc1cn(CCCCCCCCCCS)c(=O)[nH]c1=O. The molecule has 1 aromatic heterocycles. The van der Waals surface area contributed by atoms with Crippen LogP contribution in [0, 0.1) is 6.92 Å². The molecule has 1 rings (SSSR count). The molecule has 5 heteroatoms. The molecule has 0 aliphatic heterocycles. The highest BCUT2D eigenvalue weighted by Gasteiger charge is 2.00. The summed E-state index contributed by atoms with van der Waals surface area (Å²) in [5.74, 6) is 0.993. The van der Waals surface area contributed by atoms with E-state index >= 15 is 0 Å². The predicted molar refractivity (Wildman–Crippen MR) is 86.8 cm³/mol. The maximum Gasteiger partial charge on any atom is 0.328 e. The molecule has 0 spiro atoms. The minimum Gasteiger partial charge on any atom is -0.300 e. The molecule has 0 atom stereocenters. The first-order valence-electron chi connectivity index (χ1n) is 7.56. The number of hydrogen-bond donors (Lipinski definition) is 2. The van der Waals surface area contributed by atoms with Crippen molar-refractivity contribution in [2.24, 2.45) is 0 Å². The van der Waals surface area contributed by atoms with Gasteiger partial charge in [0.1, 0.15) is 0 Å². The van der Waals surface area contributed by atoms with E-state index in [0.29, 0.717) is 12.1 Å². The zero-order valence-corrected chi connectivity index (χ0v) is 13.3. The van der Waals surface area contributed by atoms with Crippen molar-refractivity contribution in [1.82, 2.24) is 9.55 Å². The molecular formula is C15H26N2O2S. The van der Waals surface area contributed by atoms with Crippen LogP contribution in [0.25, 0.3) is 0 Å². The summed E-state index contributed by atoms with van der Waals surface area (Å²) < 4.78 is 1.60. The number of unbranched alkanes of at least 4 members (excludes halogenated alkanes) is 7. The van der Waals surface area contributed by atoms with Gasteiger partial charge in [-0.1, -0.05) is 38.5 Å². The van der Waals surface area contributed by atoms with Gasteiger partial charge in [-0.05, 0) is 25.5 Å². The Balaban J connectivity index is 2.14. The van der Waals surface area contributed by atoms with Crippen molar-refractivity contribution in [3.05, 3.63) is 32.6 Å².